The summed E-state index contributed by atoms with van der Waals surface area (Å²) in [5, 5.41) is 9.64. The molecule has 1 saturated carbocycles. The molecular formula is C21H24O2S. The molecule has 1 fully saturated rings. The van der Waals surface area contributed by atoms with Gasteiger partial charge in [0.15, 0.2) is 0 Å². The fraction of sp³-hybridized carbons (Fsp3) is 0.381. The summed E-state index contributed by atoms with van der Waals surface area (Å²) in [5.74, 6) is 0.239. The predicted molar refractivity (Wildman–Crippen MR) is 101 cm³/mol. The minimum Gasteiger partial charge on any atom is -0.481 e. The van der Waals surface area contributed by atoms with Crippen LogP contribution < -0.4 is 0 Å². The van der Waals surface area contributed by atoms with Gasteiger partial charge < -0.3 is 5.11 Å². The minimum absolute atomic E-state index is 0.149. The van der Waals surface area contributed by atoms with Gasteiger partial charge in [-0.2, -0.15) is 11.8 Å². The molecule has 0 saturated heterocycles. The Morgan fingerprint density at radius 3 is 2.33 bits per heavy atom. The van der Waals surface area contributed by atoms with Crippen LogP contribution in [0.2, 0.25) is 0 Å². The molecule has 0 heterocycles. The molecule has 1 aliphatic rings. The van der Waals surface area contributed by atoms with Crippen molar-refractivity contribution in [3.8, 4) is 11.1 Å². The largest absolute Gasteiger partial charge is 0.481 e. The molecule has 126 valence electrons. The van der Waals surface area contributed by atoms with Crippen molar-refractivity contribution >= 4 is 17.7 Å². The molecule has 2 aromatic rings. The topological polar surface area (TPSA) is 37.3 Å². The summed E-state index contributed by atoms with van der Waals surface area (Å²) in [5.41, 5.74) is 3.81. The van der Waals surface area contributed by atoms with Crippen LogP contribution in [0.25, 0.3) is 11.1 Å². The van der Waals surface area contributed by atoms with Gasteiger partial charge in [0.25, 0.3) is 0 Å². The van der Waals surface area contributed by atoms with Gasteiger partial charge in [0, 0.05) is 5.25 Å². The lowest BCUT2D eigenvalue weighted by atomic mass is 9.89. The Morgan fingerprint density at radius 2 is 1.62 bits per heavy atom. The summed E-state index contributed by atoms with van der Waals surface area (Å²) in [7, 11) is 0. The molecule has 0 spiro atoms. The molecule has 0 amide bonds. The van der Waals surface area contributed by atoms with Gasteiger partial charge in [0.1, 0.15) is 0 Å². The molecule has 2 atom stereocenters. The number of aryl methyl sites for hydroxylation is 1. The molecule has 0 radical (unpaired) electrons. The van der Waals surface area contributed by atoms with E-state index in [2.05, 4.69) is 48.5 Å². The molecule has 0 aliphatic heterocycles. The highest BCUT2D eigenvalue weighted by Gasteiger charge is 2.30. The van der Waals surface area contributed by atoms with Crippen LogP contribution in [0.4, 0.5) is 0 Å². The first-order chi connectivity index (χ1) is 11.7. The zero-order chi connectivity index (χ0) is 16.8. The van der Waals surface area contributed by atoms with Crippen LogP contribution in [0.3, 0.4) is 0 Å². The minimum atomic E-state index is -0.612. The lowest BCUT2D eigenvalue weighted by Gasteiger charge is -2.27. The van der Waals surface area contributed by atoms with Gasteiger partial charge in [-0.3, -0.25) is 4.79 Å². The van der Waals surface area contributed by atoms with Crippen LogP contribution in [-0.2, 0) is 11.2 Å². The van der Waals surface area contributed by atoms with Crippen molar-refractivity contribution in [3.05, 3.63) is 60.2 Å². The monoisotopic (exact) mass is 340 g/mol. The van der Waals surface area contributed by atoms with E-state index >= 15 is 0 Å². The number of carbonyl (C=O) groups is 1. The first-order valence-corrected chi connectivity index (χ1v) is 9.77. The number of carboxylic acid groups (broad SMARTS) is 1. The number of benzene rings is 2. The second kappa shape index (κ2) is 8.39. The zero-order valence-electron chi connectivity index (χ0n) is 13.9. The van der Waals surface area contributed by atoms with Crippen LogP contribution in [0.15, 0.2) is 54.6 Å². The second-order valence-electron chi connectivity index (χ2n) is 6.45. The molecule has 3 heteroatoms. The Balaban J connectivity index is 1.52. The summed E-state index contributed by atoms with van der Waals surface area (Å²) in [6.45, 7) is 0. The average Bonchev–Trinajstić information content (AvgIpc) is 2.63. The molecule has 3 rings (SSSR count). The molecule has 2 aromatic carbocycles. The van der Waals surface area contributed by atoms with Crippen molar-refractivity contribution in [2.75, 3.05) is 5.75 Å². The SMILES string of the molecule is O=C(O)[C@@H]1CCCC[C@@H]1SCCc1ccc(-c2ccccc2)cc1. The van der Waals surface area contributed by atoms with Gasteiger partial charge >= 0.3 is 5.97 Å². The van der Waals surface area contributed by atoms with Crippen LogP contribution in [0.1, 0.15) is 31.2 Å². The molecule has 1 N–H and O–H groups in total. The maximum atomic E-state index is 11.4. The van der Waals surface area contributed by atoms with E-state index in [9.17, 15) is 9.90 Å². The van der Waals surface area contributed by atoms with Gasteiger partial charge in [0.05, 0.1) is 5.92 Å². The smallest absolute Gasteiger partial charge is 0.307 e. The maximum absolute atomic E-state index is 11.4. The van der Waals surface area contributed by atoms with Gasteiger partial charge in [-0.25, -0.2) is 0 Å². The lowest BCUT2D eigenvalue weighted by molar-refractivity contribution is -0.142. The van der Waals surface area contributed by atoms with E-state index in [1.807, 2.05) is 17.8 Å². The molecule has 2 nitrogen and oxygen atoms in total. The summed E-state index contributed by atoms with van der Waals surface area (Å²) in [4.78, 5) is 11.4. The highest BCUT2D eigenvalue weighted by Crippen LogP contribution is 2.34. The molecule has 0 unspecified atom stereocenters. The van der Waals surface area contributed by atoms with E-state index in [1.54, 1.807) is 0 Å². The number of hydrogen-bond acceptors (Lipinski definition) is 2. The van der Waals surface area contributed by atoms with Gasteiger partial charge in [0.2, 0.25) is 0 Å². The maximum Gasteiger partial charge on any atom is 0.307 e. The fourth-order valence-electron chi connectivity index (χ4n) is 3.40. The van der Waals surface area contributed by atoms with Crippen molar-refractivity contribution in [1.82, 2.24) is 0 Å². The van der Waals surface area contributed by atoms with E-state index < -0.39 is 5.97 Å². The number of hydrogen-bond donors (Lipinski definition) is 1. The zero-order valence-corrected chi connectivity index (χ0v) is 14.7. The van der Waals surface area contributed by atoms with E-state index in [-0.39, 0.29) is 5.92 Å². The first kappa shape index (κ1) is 17.1. The number of aliphatic carboxylic acids is 1. The van der Waals surface area contributed by atoms with Crippen molar-refractivity contribution in [3.63, 3.8) is 0 Å². The Morgan fingerprint density at radius 1 is 0.958 bits per heavy atom. The average molecular weight is 340 g/mol. The third-order valence-corrected chi connectivity index (χ3v) is 6.24. The molecule has 0 bridgehead atoms. The van der Waals surface area contributed by atoms with Crippen LogP contribution >= 0.6 is 11.8 Å². The quantitative estimate of drug-likeness (QED) is 0.778. The third-order valence-electron chi connectivity index (χ3n) is 4.80. The number of rotatable bonds is 6. The number of thioether (sulfide) groups is 1. The summed E-state index contributed by atoms with van der Waals surface area (Å²) < 4.78 is 0. The molecule has 24 heavy (non-hydrogen) atoms. The Bertz CT molecular complexity index is 651. The van der Waals surface area contributed by atoms with Crippen molar-refractivity contribution in [1.29, 1.82) is 0 Å². The van der Waals surface area contributed by atoms with Gasteiger partial charge in [-0.15, -0.1) is 0 Å². The third kappa shape index (κ3) is 4.41. The predicted octanol–water partition coefficient (Wildman–Crippen LogP) is 5.27. The molecular weight excluding hydrogens is 316 g/mol. The highest BCUT2D eigenvalue weighted by atomic mass is 32.2. The van der Waals surface area contributed by atoms with Crippen molar-refractivity contribution in [2.45, 2.75) is 37.4 Å². The standard InChI is InChI=1S/C21H24O2S/c22-21(23)19-8-4-5-9-20(19)24-15-14-16-10-12-18(13-11-16)17-6-2-1-3-7-17/h1-3,6-7,10-13,19-20H,4-5,8-9,14-15H2,(H,22,23)/t19-,20+/m1/s1. The van der Waals surface area contributed by atoms with E-state index in [0.717, 1.165) is 31.4 Å². The van der Waals surface area contributed by atoms with E-state index in [4.69, 9.17) is 0 Å². The van der Waals surface area contributed by atoms with Crippen LogP contribution in [0.5, 0.6) is 0 Å². The Kier molecular flexibility index (Phi) is 5.97. The molecule has 1 aliphatic carbocycles. The fourth-order valence-corrected chi connectivity index (χ4v) is 4.88. The lowest BCUT2D eigenvalue weighted by Crippen LogP contribution is -2.29. The van der Waals surface area contributed by atoms with Gasteiger partial charge in [-0.05, 0) is 41.7 Å². The first-order valence-electron chi connectivity index (χ1n) is 8.73. The normalized spacial score (nSPS) is 20.7. The van der Waals surface area contributed by atoms with E-state index in [1.165, 1.54) is 23.1 Å². The Hall–Kier alpha value is -1.74. The second-order valence-corrected chi connectivity index (χ2v) is 7.80. The van der Waals surface area contributed by atoms with Crippen LogP contribution in [0, 0.1) is 5.92 Å². The molecule has 0 aromatic heterocycles. The summed E-state index contributed by atoms with van der Waals surface area (Å²) >= 11 is 1.85. The van der Waals surface area contributed by atoms with Crippen molar-refractivity contribution in [2.24, 2.45) is 5.92 Å². The van der Waals surface area contributed by atoms with E-state index in [0.29, 0.717) is 5.25 Å². The van der Waals surface area contributed by atoms with Crippen LogP contribution in [-0.4, -0.2) is 22.1 Å². The van der Waals surface area contributed by atoms with Crippen molar-refractivity contribution < 1.29 is 9.90 Å². The summed E-state index contributed by atoms with van der Waals surface area (Å²) in [6.07, 6.45) is 5.14. The number of carboxylic acids is 1. The Labute approximate surface area is 148 Å². The van der Waals surface area contributed by atoms with Gasteiger partial charge in [-0.1, -0.05) is 67.4 Å². The summed E-state index contributed by atoms with van der Waals surface area (Å²) in [6, 6.07) is 19.1. The highest BCUT2D eigenvalue weighted by molar-refractivity contribution is 7.99.